The fourth-order valence-corrected chi connectivity index (χ4v) is 3.12. The van der Waals surface area contributed by atoms with E-state index < -0.39 is 43.3 Å². The zero-order valence-corrected chi connectivity index (χ0v) is 16.4. The molecule has 1 aliphatic heterocycles. The van der Waals surface area contributed by atoms with E-state index in [0.717, 1.165) is 0 Å². The molecule has 5 unspecified atom stereocenters. The maximum atomic E-state index is 12.4. The van der Waals surface area contributed by atoms with Crippen LogP contribution in [-0.2, 0) is 20.6 Å². The molecule has 2 aromatic rings. The van der Waals surface area contributed by atoms with Crippen LogP contribution in [0.1, 0.15) is 15.9 Å². The van der Waals surface area contributed by atoms with E-state index in [1.54, 1.807) is 6.07 Å². The smallest absolute Gasteiger partial charge is 0.338 e. The van der Waals surface area contributed by atoms with Crippen molar-refractivity contribution in [2.45, 2.75) is 37.1 Å². The second-order valence-corrected chi connectivity index (χ2v) is 7.07. The molecule has 3 rings (SSSR count). The number of aliphatic hydroxyl groups is 3. The predicted octanol–water partition coefficient (Wildman–Crippen LogP) is 0.0271. The van der Waals surface area contributed by atoms with E-state index in [1.165, 1.54) is 36.4 Å². The molecular weight excluding hydrogens is 412 g/mol. The molecular formula is C21H24O10. The van der Waals surface area contributed by atoms with Crippen LogP contribution < -0.4 is 0 Å². The summed E-state index contributed by atoms with van der Waals surface area (Å²) in [6.45, 7) is -0.578. The Labute approximate surface area is 177 Å². The molecule has 31 heavy (non-hydrogen) atoms. The summed E-state index contributed by atoms with van der Waals surface area (Å²) in [7, 11) is 0. The third kappa shape index (κ3) is 5.43. The fraction of sp³-hybridized carbons (Fsp3) is 0.381. The van der Waals surface area contributed by atoms with Crippen LogP contribution in [0, 0.1) is 0 Å². The van der Waals surface area contributed by atoms with Crippen LogP contribution in [0.25, 0.3) is 0 Å². The average molecular weight is 436 g/mol. The van der Waals surface area contributed by atoms with Gasteiger partial charge in [-0.3, -0.25) is 0 Å². The lowest BCUT2D eigenvalue weighted by Crippen LogP contribution is -2.60. The number of rotatable bonds is 7. The molecule has 1 heterocycles. The molecule has 6 N–H and O–H groups in total. The van der Waals surface area contributed by atoms with Crippen LogP contribution >= 0.6 is 0 Å². The van der Waals surface area contributed by atoms with Crippen molar-refractivity contribution >= 4 is 5.97 Å². The van der Waals surface area contributed by atoms with E-state index in [-0.39, 0.29) is 35.8 Å². The molecule has 1 fully saturated rings. The Morgan fingerprint density at radius 1 is 0.968 bits per heavy atom. The highest BCUT2D eigenvalue weighted by atomic mass is 16.7. The Balaban J connectivity index is 1.69. The van der Waals surface area contributed by atoms with Crippen LogP contribution in [0.3, 0.4) is 0 Å². The number of aromatic hydroxyl groups is 3. The summed E-state index contributed by atoms with van der Waals surface area (Å²) in [5.74, 6) is -1.42. The molecule has 0 spiro atoms. The van der Waals surface area contributed by atoms with Crippen molar-refractivity contribution in [1.29, 1.82) is 0 Å². The van der Waals surface area contributed by atoms with Gasteiger partial charge in [-0.15, -0.1) is 0 Å². The van der Waals surface area contributed by atoms with Crippen molar-refractivity contribution in [2.75, 3.05) is 13.2 Å². The van der Waals surface area contributed by atoms with Gasteiger partial charge in [-0.25, -0.2) is 4.79 Å². The molecule has 0 aromatic heterocycles. The first-order valence-electron chi connectivity index (χ1n) is 9.55. The summed E-state index contributed by atoms with van der Waals surface area (Å²) in [6, 6.07) is 9.51. The summed E-state index contributed by atoms with van der Waals surface area (Å²) < 4.78 is 16.4. The van der Waals surface area contributed by atoms with Gasteiger partial charge in [0.05, 0.1) is 18.8 Å². The first-order valence-corrected chi connectivity index (χ1v) is 9.55. The quantitative estimate of drug-likeness (QED) is 0.257. The highest BCUT2D eigenvalue weighted by Gasteiger charge is 2.47. The minimum absolute atomic E-state index is 0.0170. The monoisotopic (exact) mass is 436 g/mol. The van der Waals surface area contributed by atoms with E-state index in [0.29, 0.717) is 5.56 Å². The summed E-state index contributed by atoms with van der Waals surface area (Å²) in [5.41, 5.74) is 0.741. The number of aliphatic hydroxyl groups excluding tert-OH is 3. The molecule has 5 atom stereocenters. The van der Waals surface area contributed by atoms with Crippen LogP contribution in [0.4, 0.5) is 0 Å². The van der Waals surface area contributed by atoms with Gasteiger partial charge >= 0.3 is 5.97 Å². The Bertz CT molecular complexity index is 884. The minimum atomic E-state index is -1.59. The van der Waals surface area contributed by atoms with Crippen LogP contribution in [-0.4, -0.2) is 80.5 Å². The van der Waals surface area contributed by atoms with Crippen LogP contribution in [0.2, 0.25) is 0 Å². The average Bonchev–Trinajstić information content (AvgIpc) is 2.75. The van der Waals surface area contributed by atoms with Crippen molar-refractivity contribution in [3.05, 3.63) is 53.6 Å². The zero-order chi connectivity index (χ0) is 22.5. The third-order valence-electron chi connectivity index (χ3n) is 4.88. The largest absolute Gasteiger partial charge is 0.508 e. The third-order valence-corrected chi connectivity index (χ3v) is 4.88. The van der Waals surface area contributed by atoms with E-state index in [1.807, 2.05) is 0 Å². The Morgan fingerprint density at radius 3 is 2.32 bits per heavy atom. The summed E-state index contributed by atoms with van der Waals surface area (Å²) in [4.78, 5) is 12.4. The standard InChI is InChI=1S/C21H24O10/c22-10-16-17(26)18(27)19(31-20(28)12-2-4-13(23)5-3-12)21(30-16)29-8-7-11-1-6-14(24)15(25)9-11/h1-6,9,16-19,21-27H,7-8,10H2. The SMILES string of the molecule is O=C(OC1C(OCCc2ccc(O)c(O)c2)OC(CO)C(O)C1O)c1ccc(O)cc1. The predicted molar refractivity (Wildman–Crippen MR) is 104 cm³/mol. The van der Waals surface area contributed by atoms with Gasteiger partial charge in [0.15, 0.2) is 23.9 Å². The molecule has 0 aliphatic carbocycles. The number of benzene rings is 2. The van der Waals surface area contributed by atoms with Gasteiger partial charge in [0, 0.05) is 0 Å². The topological polar surface area (TPSA) is 166 Å². The van der Waals surface area contributed by atoms with Crippen LogP contribution in [0.5, 0.6) is 17.2 Å². The first-order chi connectivity index (χ1) is 14.8. The lowest BCUT2D eigenvalue weighted by Gasteiger charge is -2.41. The van der Waals surface area contributed by atoms with Crippen molar-refractivity contribution in [2.24, 2.45) is 0 Å². The molecule has 168 valence electrons. The second kappa shape index (κ2) is 9.94. The first kappa shape index (κ1) is 22.8. The minimum Gasteiger partial charge on any atom is -0.508 e. The fourth-order valence-electron chi connectivity index (χ4n) is 3.12. The van der Waals surface area contributed by atoms with E-state index in [2.05, 4.69) is 0 Å². The van der Waals surface area contributed by atoms with Gasteiger partial charge in [0.2, 0.25) is 0 Å². The number of ether oxygens (including phenoxy) is 3. The van der Waals surface area contributed by atoms with Crippen LogP contribution in [0.15, 0.2) is 42.5 Å². The normalized spacial score (nSPS) is 25.8. The molecule has 1 aliphatic rings. The molecule has 2 aromatic carbocycles. The number of carbonyl (C=O) groups is 1. The lowest BCUT2D eigenvalue weighted by atomic mass is 9.99. The molecule has 0 radical (unpaired) electrons. The Kier molecular flexibility index (Phi) is 7.31. The van der Waals surface area contributed by atoms with Gasteiger partial charge in [-0.05, 0) is 48.4 Å². The van der Waals surface area contributed by atoms with Gasteiger partial charge in [0.1, 0.15) is 24.1 Å². The van der Waals surface area contributed by atoms with E-state index >= 15 is 0 Å². The lowest BCUT2D eigenvalue weighted by molar-refractivity contribution is -0.299. The van der Waals surface area contributed by atoms with E-state index in [4.69, 9.17) is 14.2 Å². The number of carbonyl (C=O) groups excluding carboxylic acids is 1. The summed E-state index contributed by atoms with van der Waals surface area (Å²) >= 11 is 0. The van der Waals surface area contributed by atoms with Gasteiger partial charge < -0.3 is 44.8 Å². The summed E-state index contributed by atoms with van der Waals surface area (Å²) in [6.07, 6.45) is -6.66. The highest BCUT2D eigenvalue weighted by Crippen LogP contribution is 2.27. The number of phenolic OH excluding ortho intramolecular Hbond substituents is 3. The number of hydrogen-bond donors (Lipinski definition) is 6. The van der Waals surface area contributed by atoms with Crippen molar-refractivity contribution in [1.82, 2.24) is 0 Å². The molecule has 1 saturated heterocycles. The second-order valence-electron chi connectivity index (χ2n) is 7.07. The van der Waals surface area contributed by atoms with Crippen molar-refractivity contribution < 1.29 is 49.6 Å². The molecule has 0 bridgehead atoms. The van der Waals surface area contributed by atoms with E-state index in [9.17, 15) is 35.4 Å². The molecule has 0 saturated carbocycles. The number of esters is 1. The van der Waals surface area contributed by atoms with Gasteiger partial charge in [-0.1, -0.05) is 6.07 Å². The number of hydrogen-bond acceptors (Lipinski definition) is 10. The Hall–Kier alpha value is -2.89. The number of phenols is 3. The zero-order valence-electron chi connectivity index (χ0n) is 16.4. The van der Waals surface area contributed by atoms with Gasteiger partial charge in [-0.2, -0.15) is 0 Å². The highest BCUT2D eigenvalue weighted by molar-refractivity contribution is 5.89. The maximum Gasteiger partial charge on any atom is 0.338 e. The van der Waals surface area contributed by atoms with Crippen molar-refractivity contribution in [3.63, 3.8) is 0 Å². The van der Waals surface area contributed by atoms with Crippen molar-refractivity contribution in [3.8, 4) is 17.2 Å². The Morgan fingerprint density at radius 2 is 1.68 bits per heavy atom. The summed E-state index contributed by atoms with van der Waals surface area (Å²) in [5, 5.41) is 58.2. The maximum absolute atomic E-state index is 12.4. The van der Waals surface area contributed by atoms with Gasteiger partial charge in [0.25, 0.3) is 0 Å². The molecule has 10 nitrogen and oxygen atoms in total. The molecule has 10 heteroatoms. The molecule has 0 amide bonds.